The number of fused-ring (bicyclic) bond motifs is 2. The second kappa shape index (κ2) is 10.6. The number of aliphatic hydroxyl groups excluding tert-OH is 1. The van der Waals surface area contributed by atoms with Crippen LogP contribution in [-0.2, 0) is 9.59 Å². The first-order valence-electron chi connectivity index (χ1n) is 13.8. The van der Waals surface area contributed by atoms with Crippen LogP contribution in [0.1, 0.15) is 48.0 Å². The van der Waals surface area contributed by atoms with Gasteiger partial charge >= 0.3 is 5.91 Å². The molecular formula is C32H30N4O5S. The van der Waals surface area contributed by atoms with Gasteiger partial charge in [0.1, 0.15) is 11.3 Å². The van der Waals surface area contributed by atoms with Crippen molar-refractivity contribution in [2.75, 3.05) is 18.1 Å². The summed E-state index contributed by atoms with van der Waals surface area (Å²) < 4.78 is 14.3. The highest BCUT2D eigenvalue weighted by Gasteiger charge is 2.49. The number of imidazole rings is 1. The van der Waals surface area contributed by atoms with E-state index in [1.807, 2.05) is 58.0 Å². The van der Waals surface area contributed by atoms with E-state index in [1.165, 1.54) is 16.2 Å². The maximum absolute atomic E-state index is 13.9. The summed E-state index contributed by atoms with van der Waals surface area (Å²) in [5, 5.41) is 12.2. The SMILES string of the molecule is CCOc1ccc(C2C(=C(O)c3c(C)nc4ccccn34)C(=O)C(=O)N2c2nc3c(C)cc(C)cc3s2)cc1OCC. The quantitative estimate of drug-likeness (QED) is 0.137. The fourth-order valence-corrected chi connectivity index (χ4v) is 6.74. The Kier molecular flexibility index (Phi) is 6.94. The van der Waals surface area contributed by atoms with Crippen LogP contribution in [0.25, 0.3) is 21.6 Å². The molecule has 9 nitrogen and oxygen atoms in total. The molecule has 1 fully saturated rings. The third-order valence-electron chi connectivity index (χ3n) is 7.28. The van der Waals surface area contributed by atoms with Gasteiger partial charge in [0.2, 0.25) is 0 Å². The van der Waals surface area contributed by atoms with Crippen LogP contribution >= 0.6 is 11.3 Å². The minimum atomic E-state index is -0.976. The van der Waals surface area contributed by atoms with Crippen LogP contribution in [0.5, 0.6) is 11.5 Å². The van der Waals surface area contributed by atoms with Crippen molar-refractivity contribution in [3.05, 3.63) is 88.4 Å². The first-order valence-corrected chi connectivity index (χ1v) is 14.6. The molecule has 6 rings (SSSR count). The van der Waals surface area contributed by atoms with Gasteiger partial charge in [-0.3, -0.25) is 18.9 Å². The number of ketones is 1. The van der Waals surface area contributed by atoms with E-state index in [4.69, 9.17) is 14.5 Å². The normalized spacial score (nSPS) is 16.6. The predicted octanol–water partition coefficient (Wildman–Crippen LogP) is 6.29. The molecule has 0 bridgehead atoms. The van der Waals surface area contributed by atoms with Crippen molar-refractivity contribution in [1.82, 2.24) is 14.4 Å². The lowest BCUT2D eigenvalue weighted by Gasteiger charge is -2.24. The van der Waals surface area contributed by atoms with Gasteiger partial charge in [-0.15, -0.1) is 0 Å². The lowest BCUT2D eigenvalue weighted by Crippen LogP contribution is -2.29. The second-order valence-electron chi connectivity index (χ2n) is 10.1. The molecule has 1 unspecified atom stereocenters. The van der Waals surface area contributed by atoms with E-state index in [1.54, 1.807) is 35.7 Å². The summed E-state index contributed by atoms with van der Waals surface area (Å²) in [5.41, 5.74) is 4.82. The van der Waals surface area contributed by atoms with Crippen molar-refractivity contribution in [3.8, 4) is 11.5 Å². The van der Waals surface area contributed by atoms with Crippen molar-refractivity contribution in [2.24, 2.45) is 0 Å². The van der Waals surface area contributed by atoms with E-state index < -0.39 is 17.7 Å². The fraction of sp³-hybridized carbons (Fsp3) is 0.250. The van der Waals surface area contributed by atoms with Crippen LogP contribution in [-0.4, -0.2) is 44.4 Å². The summed E-state index contributed by atoms with van der Waals surface area (Å²) in [6.07, 6.45) is 1.76. The van der Waals surface area contributed by atoms with E-state index in [2.05, 4.69) is 4.98 Å². The number of carbonyl (C=O) groups excluding carboxylic acids is 2. The molecule has 0 saturated carbocycles. The first kappa shape index (κ1) is 27.5. The Morgan fingerprint density at radius 2 is 1.74 bits per heavy atom. The van der Waals surface area contributed by atoms with Gasteiger partial charge in [0, 0.05) is 6.20 Å². The topological polar surface area (TPSA) is 106 Å². The summed E-state index contributed by atoms with van der Waals surface area (Å²) in [5.74, 6) is -0.861. The Morgan fingerprint density at radius 1 is 0.976 bits per heavy atom. The molecule has 1 atom stereocenters. The molecule has 1 aliphatic heterocycles. The Hall–Kier alpha value is -4.70. The molecule has 3 aromatic heterocycles. The van der Waals surface area contributed by atoms with Crippen LogP contribution in [0.3, 0.4) is 0 Å². The van der Waals surface area contributed by atoms with Crippen molar-refractivity contribution in [1.29, 1.82) is 0 Å². The van der Waals surface area contributed by atoms with Crippen LogP contribution in [0.15, 0.2) is 60.3 Å². The Morgan fingerprint density at radius 3 is 2.50 bits per heavy atom. The van der Waals surface area contributed by atoms with Gasteiger partial charge in [-0.2, -0.15) is 0 Å². The second-order valence-corrected chi connectivity index (χ2v) is 11.2. The van der Waals surface area contributed by atoms with Crippen LogP contribution in [0.2, 0.25) is 0 Å². The van der Waals surface area contributed by atoms with Gasteiger partial charge in [0.25, 0.3) is 5.78 Å². The number of carbonyl (C=O) groups is 2. The number of benzene rings is 2. The number of aromatic nitrogens is 3. The lowest BCUT2D eigenvalue weighted by atomic mass is 9.96. The Labute approximate surface area is 246 Å². The van der Waals surface area contributed by atoms with E-state index in [-0.39, 0.29) is 11.3 Å². The number of rotatable bonds is 7. The van der Waals surface area contributed by atoms with Crippen molar-refractivity contribution in [3.63, 3.8) is 0 Å². The molecule has 0 aliphatic carbocycles. The van der Waals surface area contributed by atoms with Gasteiger partial charge in [-0.25, -0.2) is 9.97 Å². The van der Waals surface area contributed by atoms with E-state index >= 15 is 0 Å². The number of hydrogen-bond donors (Lipinski definition) is 1. The number of amides is 1. The third-order valence-corrected chi connectivity index (χ3v) is 8.28. The average Bonchev–Trinajstić information content (AvgIpc) is 3.61. The number of pyridine rings is 1. The zero-order valence-electron chi connectivity index (χ0n) is 24.0. The monoisotopic (exact) mass is 582 g/mol. The Bertz CT molecular complexity index is 1920. The molecule has 10 heteroatoms. The molecule has 1 aliphatic rings. The highest BCUT2D eigenvalue weighted by Crippen LogP contribution is 2.46. The third kappa shape index (κ3) is 4.39. The molecule has 5 aromatic rings. The standard InChI is InChI=1S/C32H30N4O5S/c1-6-40-21-12-11-20(16-22(21)41-7-2)28-25(29(37)27-19(5)33-24-10-8-9-13-35(24)27)30(38)31(39)36(28)32-34-26-18(4)14-17(3)15-23(26)42-32/h8-16,28,37H,6-7H2,1-5H3. The number of ether oxygens (including phenoxy) is 2. The molecule has 214 valence electrons. The number of aryl methyl sites for hydroxylation is 3. The molecular weight excluding hydrogens is 552 g/mol. The van der Waals surface area contributed by atoms with Gasteiger partial charge in [0.05, 0.1) is 40.7 Å². The zero-order chi connectivity index (χ0) is 29.7. The maximum atomic E-state index is 13.9. The van der Waals surface area contributed by atoms with E-state index in [0.717, 1.165) is 21.3 Å². The van der Waals surface area contributed by atoms with E-state index in [9.17, 15) is 14.7 Å². The number of anilines is 1. The zero-order valence-corrected chi connectivity index (χ0v) is 24.8. The van der Waals surface area contributed by atoms with Crippen LogP contribution in [0, 0.1) is 20.8 Å². The van der Waals surface area contributed by atoms with E-state index in [0.29, 0.717) is 52.4 Å². The number of Topliss-reactive ketones (excluding diaryl/α,β-unsaturated/α-hetero) is 1. The Balaban J connectivity index is 1.62. The molecule has 4 heterocycles. The highest BCUT2D eigenvalue weighted by atomic mass is 32.1. The number of aliphatic hydroxyl groups is 1. The van der Waals surface area contributed by atoms with Gasteiger partial charge in [0.15, 0.2) is 22.4 Å². The molecule has 0 radical (unpaired) electrons. The summed E-state index contributed by atoms with van der Waals surface area (Å²) in [4.78, 5) is 38.5. The summed E-state index contributed by atoms with van der Waals surface area (Å²) in [6.45, 7) is 10.3. The molecule has 1 saturated heterocycles. The smallest absolute Gasteiger partial charge is 0.301 e. The number of nitrogens with zero attached hydrogens (tertiary/aromatic N) is 4. The predicted molar refractivity (Wildman–Crippen MR) is 163 cm³/mol. The highest BCUT2D eigenvalue weighted by molar-refractivity contribution is 7.22. The van der Waals surface area contributed by atoms with Crippen molar-refractivity contribution < 1.29 is 24.2 Å². The minimum Gasteiger partial charge on any atom is -0.505 e. The van der Waals surface area contributed by atoms with Crippen molar-refractivity contribution in [2.45, 2.75) is 40.7 Å². The number of hydrogen-bond acceptors (Lipinski definition) is 8. The molecule has 0 spiro atoms. The minimum absolute atomic E-state index is 0.0486. The summed E-state index contributed by atoms with van der Waals surface area (Å²) in [6, 6.07) is 13.8. The first-order chi connectivity index (χ1) is 20.2. The van der Waals surface area contributed by atoms with Gasteiger partial charge in [-0.05, 0) is 81.6 Å². The average molecular weight is 583 g/mol. The summed E-state index contributed by atoms with van der Waals surface area (Å²) in [7, 11) is 0. The molecule has 1 amide bonds. The largest absolute Gasteiger partial charge is 0.505 e. The lowest BCUT2D eigenvalue weighted by molar-refractivity contribution is -0.132. The maximum Gasteiger partial charge on any atom is 0.301 e. The van der Waals surface area contributed by atoms with Crippen LogP contribution in [0.4, 0.5) is 5.13 Å². The molecule has 2 aromatic carbocycles. The van der Waals surface area contributed by atoms with Crippen molar-refractivity contribution >= 4 is 49.8 Å². The molecule has 1 N–H and O–H groups in total. The van der Waals surface area contributed by atoms with Gasteiger partial charge < -0.3 is 14.6 Å². The molecule has 42 heavy (non-hydrogen) atoms. The van der Waals surface area contributed by atoms with Crippen LogP contribution < -0.4 is 14.4 Å². The summed E-state index contributed by atoms with van der Waals surface area (Å²) >= 11 is 1.33. The fourth-order valence-electron chi connectivity index (χ4n) is 5.57. The number of thiazole rings is 1. The van der Waals surface area contributed by atoms with Gasteiger partial charge in [-0.1, -0.05) is 29.5 Å².